The maximum absolute atomic E-state index is 10.7. The number of hydrogen-bond donors (Lipinski definition) is 1. The van der Waals surface area contributed by atoms with Gasteiger partial charge in [0, 0.05) is 6.42 Å². The summed E-state index contributed by atoms with van der Waals surface area (Å²) >= 11 is 0. The molecule has 2 rings (SSSR count). The second-order valence-electron chi connectivity index (χ2n) is 9.52. The lowest BCUT2D eigenvalue weighted by atomic mass is 10.1. The van der Waals surface area contributed by atoms with Crippen LogP contribution in [0.25, 0.3) is 0 Å². The summed E-state index contributed by atoms with van der Waals surface area (Å²) in [4.78, 5) is 0. The van der Waals surface area contributed by atoms with E-state index in [4.69, 9.17) is 18.3 Å². The SMILES string of the molecule is COc1ccc(CO[C@H](C[C@@H](O)/C=C\CO[Si](C(C)C)(C(C)C)C(C)C)c2ccco2)cc1. The van der Waals surface area contributed by atoms with Gasteiger partial charge in [0.05, 0.1) is 32.7 Å². The fourth-order valence-corrected chi connectivity index (χ4v) is 10.2. The first kappa shape index (κ1) is 27.4. The van der Waals surface area contributed by atoms with Gasteiger partial charge in [0.2, 0.25) is 8.32 Å². The van der Waals surface area contributed by atoms with Gasteiger partial charge in [0.1, 0.15) is 17.6 Å². The van der Waals surface area contributed by atoms with E-state index in [2.05, 4.69) is 41.5 Å². The second-order valence-corrected chi connectivity index (χ2v) is 15.0. The van der Waals surface area contributed by atoms with Crippen molar-refractivity contribution in [3.63, 3.8) is 0 Å². The van der Waals surface area contributed by atoms with Gasteiger partial charge in [-0.15, -0.1) is 0 Å². The predicted molar refractivity (Wildman–Crippen MR) is 136 cm³/mol. The van der Waals surface area contributed by atoms with E-state index >= 15 is 0 Å². The summed E-state index contributed by atoms with van der Waals surface area (Å²) in [6.45, 7) is 14.6. The molecule has 0 unspecified atom stereocenters. The predicted octanol–water partition coefficient (Wildman–Crippen LogP) is 7.05. The molecule has 6 heteroatoms. The Kier molecular flexibility index (Phi) is 10.9. The lowest BCUT2D eigenvalue weighted by Crippen LogP contribution is -2.47. The number of furan rings is 1. The molecule has 1 aromatic heterocycles. The van der Waals surface area contributed by atoms with Crippen molar-refractivity contribution in [2.45, 2.75) is 83.4 Å². The van der Waals surface area contributed by atoms with Crippen LogP contribution in [0.1, 0.15) is 65.4 Å². The van der Waals surface area contributed by atoms with Crippen LogP contribution < -0.4 is 4.74 Å². The fourth-order valence-electron chi connectivity index (χ4n) is 4.86. The van der Waals surface area contributed by atoms with E-state index in [1.54, 1.807) is 13.4 Å². The molecule has 0 radical (unpaired) electrons. The van der Waals surface area contributed by atoms with Gasteiger partial charge in [-0.3, -0.25) is 0 Å². The summed E-state index contributed by atoms with van der Waals surface area (Å²) in [5.41, 5.74) is 2.63. The quantitative estimate of drug-likeness (QED) is 0.235. The molecule has 0 fully saturated rings. The van der Waals surface area contributed by atoms with Crippen molar-refractivity contribution >= 4 is 8.32 Å². The molecule has 1 N–H and O–H groups in total. The van der Waals surface area contributed by atoms with Gasteiger partial charge in [0.25, 0.3) is 0 Å². The summed E-state index contributed by atoms with van der Waals surface area (Å²) in [6, 6.07) is 11.5. The maximum atomic E-state index is 10.7. The molecule has 0 bridgehead atoms. The Balaban J connectivity index is 1.96. The van der Waals surface area contributed by atoms with Crippen LogP contribution in [0.2, 0.25) is 16.6 Å². The van der Waals surface area contributed by atoms with Crippen molar-refractivity contribution in [3.8, 4) is 5.75 Å². The highest BCUT2D eigenvalue weighted by Gasteiger charge is 2.44. The van der Waals surface area contributed by atoms with E-state index in [0.29, 0.717) is 42.0 Å². The second kappa shape index (κ2) is 13.1. The topological polar surface area (TPSA) is 61.1 Å². The van der Waals surface area contributed by atoms with Gasteiger partial charge in [-0.1, -0.05) is 65.8 Å². The van der Waals surface area contributed by atoms with Gasteiger partial charge < -0.3 is 23.4 Å². The number of hydrogen-bond acceptors (Lipinski definition) is 5. The molecule has 5 nitrogen and oxygen atoms in total. The first-order valence-corrected chi connectivity index (χ1v) is 14.1. The molecule has 184 valence electrons. The standard InChI is InChI=1S/C27H42O5Si/c1-20(2)33(21(3)4,22(5)6)32-17-8-10-24(28)18-27(26-11-9-16-30-26)31-19-23-12-14-25(29-7)15-13-23/h8-16,20-22,24,27-28H,17-19H2,1-7H3/b10-8-/t24-,27+/m0/s1. The molecule has 1 heterocycles. The zero-order valence-corrected chi connectivity index (χ0v) is 22.3. The molecule has 2 atom stereocenters. The van der Waals surface area contributed by atoms with E-state index in [0.717, 1.165) is 11.3 Å². The summed E-state index contributed by atoms with van der Waals surface area (Å²) in [6.07, 6.45) is 4.78. The van der Waals surface area contributed by atoms with E-state index in [1.807, 2.05) is 48.6 Å². The highest BCUT2D eigenvalue weighted by molar-refractivity contribution is 6.77. The third-order valence-corrected chi connectivity index (χ3v) is 12.5. The average Bonchev–Trinajstić information content (AvgIpc) is 3.31. The van der Waals surface area contributed by atoms with Gasteiger partial charge in [-0.25, -0.2) is 0 Å². The molecule has 0 saturated heterocycles. The number of benzene rings is 1. The number of ether oxygens (including phenoxy) is 2. The van der Waals surface area contributed by atoms with Gasteiger partial charge in [0.15, 0.2) is 0 Å². The average molecular weight is 475 g/mol. The summed E-state index contributed by atoms with van der Waals surface area (Å²) in [5.74, 6) is 1.52. The van der Waals surface area contributed by atoms with E-state index < -0.39 is 14.4 Å². The minimum atomic E-state index is -1.91. The lowest BCUT2D eigenvalue weighted by Gasteiger charge is -2.41. The lowest BCUT2D eigenvalue weighted by molar-refractivity contribution is -0.000929. The number of methoxy groups -OCH3 is 1. The number of aliphatic hydroxyl groups excluding tert-OH is 1. The molecule has 0 aliphatic heterocycles. The Morgan fingerprint density at radius 2 is 1.61 bits per heavy atom. The zero-order valence-electron chi connectivity index (χ0n) is 21.3. The molecular formula is C27H42O5Si. The first-order chi connectivity index (χ1) is 15.7. The normalized spacial score (nSPS) is 14.5. The van der Waals surface area contributed by atoms with Crippen LogP contribution >= 0.6 is 0 Å². The van der Waals surface area contributed by atoms with Crippen LogP contribution in [0.3, 0.4) is 0 Å². The van der Waals surface area contributed by atoms with Crippen molar-refractivity contribution in [2.75, 3.05) is 13.7 Å². The van der Waals surface area contributed by atoms with E-state index in [9.17, 15) is 5.11 Å². The Labute approximate surface area is 200 Å². The van der Waals surface area contributed by atoms with Crippen molar-refractivity contribution < 1.29 is 23.4 Å². The number of rotatable bonds is 14. The van der Waals surface area contributed by atoms with Gasteiger partial charge in [-0.2, -0.15) is 0 Å². The van der Waals surface area contributed by atoms with Crippen LogP contribution in [-0.2, 0) is 15.8 Å². The molecule has 0 amide bonds. The van der Waals surface area contributed by atoms with Crippen LogP contribution in [0.5, 0.6) is 5.75 Å². The van der Waals surface area contributed by atoms with E-state index in [-0.39, 0.29) is 6.10 Å². The van der Waals surface area contributed by atoms with Crippen molar-refractivity contribution in [1.82, 2.24) is 0 Å². The van der Waals surface area contributed by atoms with Crippen molar-refractivity contribution in [3.05, 3.63) is 66.1 Å². The zero-order chi connectivity index (χ0) is 24.4. The monoisotopic (exact) mass is 474 g/mol. The largest absolute Gasteiger partial charge is 0.497 e. The minimum absolute atomic E-state index is 0.349. The molecule has 1 aromatic carbocycles. The first-order valence-electron chi connectivity index (χ1n) is 12.0. The molecule has 2 aromatic rings. The molecule has 33 heavy (non-hydrogen) atoms. The highest BCUT2D eigenvalue weighted by atomic mass is 28.4. The van der Waals surface area contributed by atoms with Crippen LogP contribution in [0, 0.1) is 0 Å². The highest BCUT2D eigenvalue weighted by Crippen LogP contribution is 2.42. The minimum Gasteiger partial charge on any atom is -0.497 e. The summed E-state index contributed by atoms with van der Waals surface area (Å²) in [7, 11) is -0.266. The van der Waals surface area contributed by atoms with E-state index in [1.165, 1.54) is 0 Å². The Hall–Kier alpha value is -1.86. The molecular weight excluding hydrogens is 432 g/mol. The van der Waals surface area contributed by atoms with Gasteiger partial charge in [-0.05, 0) is 46.5 Å². The molecule has 0 aliphatic carbocycles. The van der Waals surface area contributed by atoms with Gasteiger partial charge >= 0.3 is 0 Å². The summed E-state index contributed by atoms with van der Waals surface area (Å²) in [5, 5.41) is 10.7. The van der Waals surface area contributed by atoms with Crippen LogP contribution in [0.4, 0.5) is 0 Å². The molecule has 0 aliphatic rings. The Morgan fingerprint density at radius 3 is 2.12 bits per heavy atom. The molecule has 0 saturated carbocycles. The Bertz CT molecular complexity index is 790. The van der Waals surface area contributed by atoms with Crippen molar-refractivity contribution in [1.29, 1.82) is 0 Å². The van der Waals surface area contributed by atoms with Crippen LogP contribution in [0.15, 0.2) is 59.2 Å². The maximum Gasteiger partial charge on any atom is 0.200 e. The third-order valence-electron chi connectivity index (χ3n) is 6.42. The summed E-state index contributed by atoms with van der Waals surface area (Å²) < 4.78 is 23.4. The van der Waals surface area contributed by atoms with Crippen molar-refractivity contribution in [2.24, 2.45) is 0 Å². The third kappa shape index (κ3) is 7.57. The molecule has 0 spiro atoms. The smallest absolute Gasteiger partial charge is 0.200 e. The van der Waals surface area contributed by atoms with Crippen LogP contribution in [-0.4, -0.2) is 33.2 Å². The Morgan fingerprint density at radius 1 is 0.970 bits per heavy atom. The fraction of sp³-hybridized carbons (Fsp3) is 0.556. The number of aliphatic hydroxyl groups is 1.